The summed E-state index contributed by atoms with van der Waals surface area (Å²) in [5.74, 6) is 0.547. The van der Waals surface area contributed by atoms with Crippen LogP contribution < -0.4 is 10.6 Å². The molecular weight excluding hydrogens is 238 g/mol. The van der Waals surface area contributed by atoms with Crippen LogP contribution in [0.3, 0.4) is 0 Å². The maximum atomic E-state index is 10.8. The van der Waals surface area contributed by atoms with Gasteiger partial charge in [-0.05, 0) is 13.8 Å². The highest BCUT2D eigenvalue weighted by Gasteiger charge is 2.17. The number of nitrogens with one attached hydrogen (secondary N) is 2. The summed E-state index contributed by atoms with van der Waals surface area (Å²) in [4.78, 5) is 18.2. The van der Waals surface area contributed by atoms with Gasteiger partial charge in [-0.15, -0.1) is 0 Å². The zero-order chi connectivity index (χ0) is 13.5. The van der Waals surface area contributed by atoms with E-state index in [1.165, 1.54) is 6.20 Å². The van der Waals surface area contributed by atoms with Crippen molar-refractivity contribution in [3.8, 4) is 0 Å². The minimum Gasteiger partial charge on any atom is -0.383 e. The molecule has 18 heavy (non-hydrogen) atoms. The van der Waals surface area contributed by atoms with Crippen molar-refractivity contribution >= 4 is 17.5 Å². The van der Waals surface area contributed by atoms with Crippen LogP contribution in [0.15, 0.2) is 6.20 Å². The lowest BCUT2D eigenvalue weighted by atomic mass is 10.4. The molecule has 0 fully saturated rings. The van der Waals surface area contributed by atoms with E-state index < -0.39 is 4.92 Å². The number of anilines is 2. The summed E-state index contributed by atoms with van der Waals surface area (Å²) < 4.78 is 4.97. The summed E-state index contributed by atoms with van der Waals surface area (Å²) in [5.41, 5.74) is -0.137. The number of nitrogens with zero attached hydrogens (tertiary/aromatic N) is 3. The van der Waals surface area contributed by atoms with Gasteiger partial charge in [0.25, 0.3) is 0 Å². The molecule has 0 aliphatic heterocycles. The average molecular weight is 255 g/mol. The van der Waals surface area contributed by atoms with Gasteiger partial charge < -0.3 is 15.4 Å². The third-order valence-electron chi connectivity index (χ3n) is 2.10. The lowest BCUT2D eigenvalue weighted by Gasteiger charge is -2.13. The van der Waals surface area contributed by atoms with Gasteiger partial charge in [0.2, 0.25) is 11.8 Å². The first-order valence-corrected chi connectivity index (χ1v) is 5.59. The molecule has 0 aromatic carbocycles. The number of hydrogen-bond donors (Lipinski definition) is 2. The minimum atomic E-state index is -0.514. The highest BCUT2D eigenvalue weighted by Crippen LogP contribution is 2.21. The van der Waals surface area contributed by atoms with E-state index in [1.54, 1.807) is 7.11 Å². The predicted octanol–water partition coefficient (Wildman–Crippen LogP) is 1.26. The van der Waals surface area contributed by atoms with E-state index in [2.05, 4.69) is 20.6 Å². The van der Waals surface area contributed by atoms with Gasteiger partial charge in [-0.1, -0.05) is 0 Å². The molecule has 1 aromatic rings. The van der Waals surface area contributed by atoms with Crippen LogP contribution in [0, 0.1) is 10.1 Å². The van der Waals surface area contributed by atoms with Gasteiger partial charge in [0.1, 0.15) is 6.20 Å². The third-order valence-corrected chi connectivity index (χ3v) is 2.10. The highest BCUT2D eigenvalue weighted by molar-refractivity contribution is 5.56. The maximum absolute atomic E-state index is 10.8. The zero-order valence-electron chi connectivity index (χ0n) is 10.6. The first-order valence-electron chi connectivity index (χ1n) is 5.59. The van der Waals surface area contributed by atoms with E-state index in [4.69, 9.17) is 4.74 Å². The fraction of sp³-hybridized carbons (Fsp3) is 0.600. The third kappa shape index (κ3) is 3.81. The number of hydrogen-bond acceptors (Lipinski definition) is 7. The van der Waals surface area contributed by atoms with Crippen molar-refractivity contribution in [2.75, 3.05) is 30.9 Å². The Morgan fingerprint density at radius 3 is 2.89 bits per heavy atom. The fourth-order valence-corrected chi connectivity index (χ4v) is 1.39. The van der Waals surface area contributed by atoms with Crippen molar-refractivity contribution in [1.29, 1.82) is 0 Å². The molecule has 0 radical (unpaired) electrons. The molecule has 1 heterocycles. The van der Waals surface area contributed by atoms with Crippen molar-refractivity contribution in [2.24, 2.45) is 0 Å². The Balaban J connectivity index is 2.88. The molecule has 8 heteroatoms. The fourth-order valence-electron chi connectivity index (χ4n) is 1.39. The number of ether oxygens (including phenoxy) is 1. The van der Waals surface area contributed by atoms with Gasteiger partial charge in [-0.2, -0.15) is 4.98 Å². The summed E-state index contributed by atoms with van der Waals surface area (Å²) in [5, 5.41) is 16.6. The molecule has 0 aliphatic carbocycles. The van der Waals surface area contributed by atoms with Gasteiger partial charge in [0.05, 0.1) is 11.5 Å². The Morgan fingerprint density at radius 2 is 2.33 bits per heavy atom. The molecule has 0 saturated carbocycles. The molecule has 0 bridgehead atoms. The molecule has 1 rings (SSSR count). The van der Waals surface area contributed by atoms with Crippen LogP contribution in [-0.4, -0.2) is 41.2 Å². The molecule has 0 aliphatic rings. The lowest BCUT2D eigenvalue weighted by molar-refractivity contribution is -0.384. The van der Waals surface area contributed by atoms with Crippen molar-refractivity contribution in [3.05, 3.63) is 16.3 Å². The normalized spacial score (nSPS) is 11.9. The molecule has 0 saturated heterocycles. The van der Waals surface area contributed by atoms with E-state index in [9.17, 15) is 10.1 Å². The summed E-state index contributed by atoms with van der Waals surface area (Å²) >= 11 is 0. The van der Waals surface area contributed by atoms with E-state index in [-0.39, 0.29) is 17.5 Å². The summed E-state index contributed by atoms with van der Waals surface area (Å²) in [6.07, 6.45) is 1.19. The van der Waals surface area contributed by atoms with Crippen molar-refractivity contribution in [2.45, 2.75) is 19.9 Å². The molecule has 2 N–H and O–H groups in total. The van der Waals surface area contributed by atoms with Crippen LogP contribution >= 0.6 is 0 Å². The second kappa shape index (κ2) is 6.70. The van der Waals surface area contributed by atoms with E-state index in [0.717, 1.165) is 0 Å². The van der Waals surface area contributed by atoms with Crippen LogP contribution in [-0.2, 0) is 4.74 Å². The van der Waals surface area contributed by atoms with Crippen molar-refractivity contribution in [1.82, 2.24) is 9.97 Å². The molecule has 8 nitrogen and oxygen atoms in total. The van der Waals surface area contributed by atoms with Gasteiger partial charge in [0.15, 0.2) is 0 Å². The molecule has 0 spiro atoms. The Labute approximate surface area is 105 Å². The summed E-state index contributed by atoms with van der Waals surface area (Å²) in [6, 6.07) is 0.0194. The van der Waals surface area contributed by atoms with Crippen LogP contribution in [0.25, 0.3) is 0 Å². The van der Waals surface area contributed by atoms with E-state index in [1.807, 2.05) is 13.8 Å². The molecular formula is C10H17N5O3. The standard InChI is InChI=1S/C10H17N5O3/c1-4-11-9-8(15(16)17)5-12-10(14-9)13-7(2)6-18-3/h5,7H,4,6H2,1-3H3,(H2,11,12,13,14)/t7-/m0/s1. The number of nitro groups is 1. The number of methoxy groups -OCH3 is 1. The van der Waals surface area contributed by atoms with Crippen LogP contribution in [0.4, 0.5) is 17.5 Å². The van der Waals surface area contributed by atoms with Gasteiger partial charge in [0, 0.05) is 19.7 Å². The Morgan fingerprint density at radius 1 is 1.61 bits per heavy atom. The zero-order valence-corrected chi connectivity index (χ0v) is 10.6. The first-order chi connectivity index (χ1) is 8.58. The predicted molar refractivity (Wildman–Crippen MR) is 67.8 cm³/mol. The molecule has 0 unspecified atom stereocenters. The molecule has 1 aromatic heterocycles. The van der Waals surface area contributed by atoms with Crippen molar-refractivity contribution in [3.63, 3.8) is 0 Å². The quantitative estimate of drug-likeness (QED) is 0.558. The smallest absolute Gasteiger partial charge is 0.329 e. The Bertz CT molecular complexity index is 412. The van der Waals surface area contributed by atoms with Crippen LogP contribution in [0.2, 0.25) is 0 Å². The summed E-state index contributed by atoms with van der Waals surface area (Å²) in [6.45, 7) is 4.79. The maximum Gasteiger partial charge on any atom is 0.329 e. The molecule has 1 atom stereocenters. The lowest BCUT2D eigenvalue weighted by Crippen LogP contribution is -2.22. The van der Waals surface area contributed by atoms with Gasteiger partial charge in [-0.3, -0.25) is 10.1 Å². The van der Waals surface area contributed by atoms with Gasteiger partial charge in [-0.25, -0.2) is 4.98 Å². The van der Waals surface area contributed by atoms with E-state index >= 15 is 0 Å². The van der Waals surface area contributed by atoms with Crippen LogP contribution in [0.1, 0.15) is 13.8 Å². The van der Waals surface area contributed by atoms with Crippen LogP contribution in [0.5, 0.6) is 0 Å². The van der Waals surface area contributed by atoms with Gasteiger partial charge >= 0.3 is 5.69 Å². The Kier molecular flexibility index (Phi) is 5.25. The van der Waals surface area contributed by atoms with Crippen molar-refractivity contribution < 1.29 is 9.66 Å². The number of rotatable bonds is 7. The molecule has 100 valence electrons. The largest absolute Gasteiger partial charge is 0.383 e. The highest BCUT2D eigenvalue weighted by atomic mass is 16.6. The number of aromatic nitrogens is 2. The Hall–Kier alpha value is -1.96. The minimum absolute atomic E-state index is 0.0194. The second-order valence-corrected chi connectivity index (χ2v) is 3.72. The first kappa shape index (κ1) is 14.1. The van der Waals surface area contributed by atoms with E-state index in [0.29, 0.717) is 19.1 Å². The SMILES string of the molecule is CCNc1nc(N[C@@H](C)COC)ncc1[N+](=O)[O-]. The molecule has 0 amide bonds. The average Bonchev–Trinajstić information content (AvgIpc) is 2.29. The second-order valence-electron chi connectivity index (χ2n) is 3.72. The summed E-state index contributed by atoms with van der Waals surface area (Å²) in [7, 11) is 1.60. The topological polar surface area (TPSA) is 102 Å². The monoisotopic (exact) mass is 255 g/mol.